The van der Waals surface area contributed by atoms with Crippen molar-refractivity contribution in [3.05, 3.63) is 29.8 Å². The molecule has 0 amide bonds. The largest absolute Gasteiger partial charge is 0.427 e. The first-order valence-electron chi connectivity index (χ1n) is 6.81. The fraction of sp³-hybridized carbons (Fsp3) is 0.467. The first-order chi connectivity index (χ1) is 9.70. The molecule has 1 aromatic rings. The minimum atomic E-state index is -0.326. The Morgan fingerprint density at radius 2 is 2.05 bits per heavy atom. The van der Waals surface area contributed by atoms with Crippen LogP contribution in [0.2, 0.25) is 0 Å². The van der Waals surface area contributed by atoms with Gasteiger partial charge in [-0.25, -0.2) is 0 Å². The van der Waals surface area contributed by atoms with Crippen LogP contribution in [0.1, 0.15) is 24.9 Å². The molecule has 2 rings (SSSR count). The Morgan fingerprint density at radius 1 is 1.40 bits per heavy atom. The molecule has 1 fully saturated rings. The lowest BCUT2D eigenvalue weighted by molar-refractivity contribution is -0.131. The third-order valence-electron chi connectivity index (χ3n) is 3.40. The molecule has 1 aliphatic heterocycles. The van der Waals surface area contributed by atoms with E-state index in [1.54, 1.807) is 12.1 Å². The van der Waals surface area contributed by atoms with Crippen molar-refractivity contribution in [2.45, 2.75) is 19.4 Å². The van der Waals surface area contributed by atoms with E-state index in [9.17, 15) is 4.79 Å². The smallest absolute Gasteiger partial charge is 0.308 e. The third kappa shape index (κ3) is 3.80. The van der Waals surface area contributed by atoms with E-state index in [2.05, 4.69) is 16.3 Å². The van der Waals surface area contributed by atoms with Crippen LogP contribution in [0.15, 0.2) is 24.3 Å². The summed E-state index contributed by atoms with van der Waals surface area (Å²) in [5.74, 6) is 0.214. The Labute approximate surface area is 119 Å². The number of benzene rings is 1. The van der Waals surface area contributed by atoms with Gasteiger partial charge in [0.1, 0.15) is 5.75 Å². The number of hydrogen-bond acceptors (Lipinski definition) is 5. The Balaban J connectivity index is 2.12. The Kier molecular flexibility index (Phi) is 5.10. The first-order valence-corrected chi connectivity index (χ1v) is 6.81. The van der Waals surface area contributed by atoms with Crippen LogP contribution >= 0.6 is 0 Å². The number of nitrogens with one attached hydrogen (secondary N) is 1. The predicted octanol–water partition coefficient (Wildman–Crippen LogP) is 1.47. The fourth-order valence-electron chi connectivity index (χ4n) is 2.46. The summed E-state index contributed by atoms with van der Waals surface area (Å²) in [7, 11) is 0. The Bertz CT molecular complexity index is 487. The monoisotopic (exact) mass is 273 g/mol. The van der Waals surface area contributed by atoms with Gasteiger partial charge in [-0.1, -0.05) is 12.1 Å². The van der Waals surface area contributed by atoms with Gasteiger partial charge in [0, 0.05) is 39.1 Å². The maximum atomic E-state index is 10.9. The van der Waals surface area contributed by atoms with Gasteiger partial charge in [-0.15, -0.1) is 0 Å². The minimum absolute atomic E-state index is 0.105. The molecule has 1 N–H and O–H groups in total. The number of piperazine rings is 1. The highest BCUT2D eigenvalue weighted by molar-refractivity contribution is 5.69. The SMILES string of the molecule is CC(=O)Oc1ccc([C@H](CC#N)N2CCNCC2)cc1. The van der Waals surface area contributed by atoms with Crippen LogP contribution < -0.4 is 10.1 Å². The van der Waals surface area contributed by atoms with Crippen LogP contribution in [-0.2, 0) is 4.79 Å². The lowest BCUT2D eigenvalue weighted by Gasteiger charge is -2.34. The summed E-state index contributed by atoms with van der Waals surface area (Å²) in [6.45, 7) is 5.17. The molecule has 20 heavy (non-hydrogen) atoms. The molecule has 1 aromatic carbocycles. The van der Waals surface area contributed by atoms with E-state index in [0.717, 1.165) is 31.7 Å². The van der Waals surface area contributed by atoms with E-state index in [4.69, 9.17) is 10.00 Å². The summed E-state index contributed by atoms with van der Waals surface area (Å²) < 4.78 is 5.03. The van der Waals surface area contributed by atoms with E-state index >= 15 is 0 Å². The second-order valence-electron chi connectivity index (χ2n) is 4.83. The number of nitriles is 1. The second-order valence-corrected chi connectivity index (χ2v) is 4.83. The van der Waals surface area contributed by atoms with Crippen molar-refractivity contribution in [1.29, 1.82) is 5.26 Å². The van der Waals surface area contributed by atoms with Crippen LogP contribution in [0.25, 0.3) is 0 Å². The first kappa shape index (κ1) is 14.5. The molecule has 1 atom stereocenters. The molecule has 0 spiro atoms. The molecule has 1 heterocycles. The summed E-state index contributed by atoms with van der Waals surface area (Å²) >= 11 is 0. The minimum Gasteiger partial charge on any atom is -0.427 e. The molecule has 0 aromatic heterocycles. The number of hydrogen-bond donors (Lipinski definition) is 1. The normalized spacial score (nSPS) is 17.2. The average molecular weight is 273 g/mol. The lowest BCUT2D eigenvalue weighted by Crippen LogP contribution is -2.45. The van der Waals surface area contributed by atoms with Gasteiger partial charge in [-0.2, -0.15) is 5.26 Å². The van der Waals surface area contributed by atoms with E-state index in [1.807, 2.05) is 12.1 Å². The fourth-order valence-corrected chi connectivity index (χ4v) is 2.46. The van der Waals surface area contributed by atoms with Crippen LogP contribution in [0.4, 0.5) is 0 Å². The molecular formula is C15H19N3O2. The summed E-state index contributed by atoms with van der Waals surface area (Å²) in [6, 6.07) is 9.80. The lowest BCUT2D eigenvalue weighted by atomic mass is 10.0. The number of carbonyl (C=O) groups excluding carboxylic acids is 1. The summed E-state index contributed by atoms with van der Waals surface area (Å²) in [4.78, 5) is 13.2. The molecule has 0 radical (unpaired) electrons. The predicted molar refractivity (Wildman–Crippen MR) is 75.2 cm³/mol. The van der Waals surface area contributed by atoms with Gasteiger partial charge in [0.25, 0.3) is 0 Å². The maximum Gasteiger partial charge on any atom is 0.308 e. The molecule has 5 nitrogen and oxygen atoms in total. The molecular weight excluding hydrogens is 254 g/mol. The molecule has 1 saturated heterocycles. The highest BCUT2D eigenvalue weighted by Gasteiger charge is 2.21. The zero-order valence-electron chi connectivity index (χ0n) is 11.6. The van der Waals surface area contributed by atoms with E-state index in [-0.39, 0.29) is 12.0 Å². The molecule has 0 bridgehead atoms. The number of nitrogens with zero attached hydrogens (tertiary/aromatic N) is 2. The quantitative estimate of drug-likeness (QED) is 0.665. The van der Waals surface area contributed by atoms with Crippen molar-refractivity contribution >= 4 is 5.97 Å². The van der Waals surface area contributed by atoms with Gasteiger partial charge in [-0.05, 0) is 17.7 Å². The van der Waals surface area contributed by atoms with Gasteiger partial charge in [0.05, 0.1) is 12.5 Å². The second kappa shape index (κ2) is 7.04. The standard InChI is InChI=1S/C15H19N3O2/c1-12(19)20-14-4-2-13(3-5-14)15(6-7-16)18-10-8-17-9-11-18/h2-5,15,17H,6,8-11H2,1H3/t15-/m0/s1. The third-order valence-corrected chi connectivity index (χ3v) is 3.40. The van der Waals surface area contributed by atoms with Crippen molar-refractivity contribution in [3.8, 4) is 11.8 Å². The van der Waals surface area contributed by atoms with Crippen LogP contribution in [0.3, 0.4) is 0 Å². The van der Waals surface area contributed by atoms with Crippen molar-refractivity contribution in [3.63, 3.8) is 0 Å². The summed E-state index contributed by atoms with van der Waals surface area (Å²) in [5.41, 5.74) is 1.09. The van der Waals surface area contributed by atoms with Crippen molar-refractivity contribution in [1.82, 2.24) is 10.2 Å². The van der Waals surface area contributed by atoms with Crippen LogP contribution in [-0.4, -0.2) is 37.0 Å². The van der Waals surface area contributed by atoms with E-state index < -0.39 is 0 Å². The van der Waals surface area contributed by atoms with Crippen molar-refractivity contribution < 1.29 is 9.53 Å². The molecule has 0 aliphatic carbocycles. The number of carbonyl (C=O) groups is 1. The molecule has 0 saturated carbocycles. The number of esters is 1. The Morgan fingerprint density at radius 3 is 2.60 bits per heavy atom. The zero-order valence-corrected chi connectivity index (χ0v) is 11.6. The van der Waals surface area contributed by atoms with E-state index in [1.165, 1.54) is 6.92 Å². The summed E-state index contributed by atoms with van der Waals surface area (Å²) in [5, 5.41) is 12.4. The number of ether oxygens (including phenoxy) is 1. The van der Waals surface area contributed by atoms with Gasteiger partial charge in [0.15, 0.2) is 0 Å². The average Bonchev–Trinajstić information content (AvgIpc) is 2.46. The highest BCUT2D eigenvalue weighted by atomic mass is 16.5. The zero-order chi connectivity index (χ0) is 14.4. The maximum absolute atomic E-state index is 10.9. The number of rotatable bonds is 4. The van der Waals surface area contributed by atoms with Crippen molar-refractivity contribution in [2.24, 2.45) is 0 Å². The van der Waals surface area contributed by atoms with Gasteiger partial charge in [0.2, 0.25) is 0 Å². The van der Waals surface area contributed by atoms with Gasteiger partial charge >= 0.3 is 5.97 Å². The summed E-state index contributed by atoms with van der Waals surface area (Å²) in [6.07, 6.45) is 0.465. The molecule has 1 aliphatic rings. The molecule has 5 heteroatoms. The molecule has 106 valence electrons. The van der Waals surface area contributed by atoms with Crippen LogP contribution in [0, 0.1) is 11.3 Å². The van der Waals surface area contributed by atoms with Crippen LogP contribution in [0.5, 0.6) is 5.75 Å². The van der Waals surface area contributed by atoms with Gasteiger partial charge < -0.3 is 10.1 Å². The Hall–Kier alpha value is -1.90. The van der Waals surface area contributed by atoms with Gasteiger partial charge in [-0.3, -0.25) is 9.69 Å². The molecule has 0 unspecified atom stereocenters. The highest BCUT2D eigenvalue weighted by Crippen LogP contribution is 2.26. The topological polar surface area (TPSA) is 65.4 Å². The van der Waals surface area contributed by atoms with Crippen molar-refractivity contribution in [2.75, 3.05) is 26.2 Å². The van der Waals surface area contributed by atoms with E-state index in [0.29, 0.717) is 12.2 Å².